The van der Waals surface area contributed by atoms with Gasteiger partial charge in [0.1, 0.15) is 6.61 Å². The van der Waals surface area contributed by atoms with E-state index in [4.69, 9.17) is 9.47 Å². The fourth-order valence-corrected chi connectivity index (χ4v) is 2.90. The van der Waals surface area contributed by atoms with Crippen LogP contribution in [0.4, 0.5) is 0 Å². The number of morpholine rings is 1. The van der Waals surface area contributed by atoms with Gasteiger partial charge < -0.3 is 9.47 Å². The second-order valence-corrected chi connectivity index (χ2v) is 7.51. The third-order valence-corrected chi connectivity index (χ3v) is 4.58. The van der Waals surface area contributed by atoms with Gasteiger partial charge in [0.05, 0.1) is 13.2 Å². The molecule has 3 rings (SSSR count). The highest BCUT2D eigenvalue weighted by Gasteiger charge is 2.13. The van der Waals surface area contributed by atoms with Gasteiger partial charge in [-0.1, -0.05) is 45.0 Å². The monoisotopic (exact) mass is 340 g/mol. The van der Waals surface area contributed by atoms with Crippen LogP contribution in [0.1, 0.15) is 26.3 Å². The molecule has 2 heterocycles. The van der Waals surface area contributed by atoms with Crippen molar-refractivity contribution in [3.63, 3.8) is 0 Å². The molecule has 1 aliphatic rings. The van der Waals surface area contributed by atoms with Crippen molar-refractivity contribution >= 4 is 0 Å². The molecule has 0 amide bonds. The Morgan fingerprint density at radius 3 is 2.28 bits per heavy atom. The van der Waals surface area contributed by atoms with Crippen LogP contribution >= 0.6 is 0 Å². The summed E-state index contributed by atoms with van der Waals surface area (Å²) < 4.78 is 11.1. The van der Waals surface area contributed by atoms with Crippen LogP contribution in [0, 0.1) is 0 Å². The fraction of sp³-hybridized carbons (Fsp3) is 0.476. The summed E-state index contributed by atoms with van der Waals surface area (Å²) in [6.07, 6.45) is 1.89. The van der Waals surface area contributed by atoms with Crippen LogP contribution in [0.15, 0.2) is 42.6 Å². The van der Waals surface area contributed by atoms with Crippen LogP contribution < -0.4 is 4.74 Å². The van der Waals surface area contributed by atoms with Crippen LogP contribution in [-0.2, 0) is 10.2 Å². The molecule has 0 bridgehead atoms. The Morgan fingerprint density at radius 2 is 1.68 bits per heavy atom. The van der Waals surface area contributed by atoms with Gasteiger partial charge in [-0.05, 0) is 22.6 Å². The molecule has 4 nitrogen and oxygen atoms in total. The summed E-state index contributed by atoms with van der Waals surface area (Å²) in [5.74, 6) is 0.684. The van der Waals surface area contributed by atoms with E-state index >= 15 is 0 Å². The summed E-state index contributed by atoms with van der Waals surface area (Å²) in [4.78, 5) is 6.80. The zero-order valence-corrected chi connectivity index (χ0v) is 15.5. The molecule has 0 saturated carbocycles. The Labute approximate surface area is 150 Å². The number of hydrogen-bond donors (Lipinski definition) is 0. The van der Waals surface area contributed by atoms with Crippen molar-refractivity contribution in [2.45, 2.75) is 26.2 Å². The van der Waals surface area contributed by atoms with Gasteiger partial charge in [0.2, 0.25) is 5.88 Å². The van der Waals surface area contributed by atoms with E-state index in [2.05, 4.69) is 61.0 Å². The molecule has 134 valence electrons. The molecule has 0 spiro atoms. The van der Waals surface area contributed by atoms with Crippen molar-refractivity contribution < 1.29 is 9.47 Å². The molecular formula is C21H28N2O2. The highest BCUT2D eigenvalue weighted by atomic mass is 16.5. The minimum absolute atomic E-state index is 0.176. The van der Waals surface area contributed by atoms with Gasteiger partial charge in [0, 0.05) is 37.5 Å². The molecule has 1 fully saturated rings. The number of rotatable bonds is 5. The van der Waals surface area contributed by atoms with E-state index in [1.54, 1.807) is 0 Å². The Kier molecular flexibility index (Phi) is 5.71. The number of ether oxygens (including phenoxy) is 2. The second-order valence-electron chi connectivity index (χ2n) is 7.51. The quantitative estimate of drug-likeness (QED) is 0.830. The molecule has 0 N–H and O–H groups in total. The van der Waals surface area contributed by atoms with Crippen LogP contribution in [-0.4, -0.2) is 49.3 Å². The first-order chi connectivity index (χ1) is 12.0. The van der Waals surface area contributed by atoms with E-state index in [0.717, 1.165) is 38.4 Å². The van der Waals surface area contributed by atoms with Crippen molar-refractivity contribution in [2.24, 2.45) is 0 Å². The summed E-state index contributed by atoms with van der Waals surface area (Å²) in [7, 11) is 0. The predicted molar refractivity (Wildman–Crippen MR) is 101 cm³/mol. The largest absolute Gasteiger partial charge is 0.476 e. The third-order valence-electron chi connectivity index (χ3n) is 4.58. The van der Waals surface area contributed by atoms with E-state index in [9.17, 15) is 0 Å². The van der Waals surface area contributed by atoms with Gasteiger partial charge >= 0.3 is 0 Å². The van der Waals surface area contributed by atoms with Crippen molar-refractivity contribution in [3.05, 3.63) is 48.2 Å². The Bertz CT molecular complexity index is 654. The molecule has 1 aliphatic heterocycles. The number of benzene rings is 1. The van der Waals surface area contributed by atoms with E-state index in [1.807, 2.05) is 12.3 Å². The maximum atomic E-state index is 5.77. The summed E-state index contributed by atoms with van der Waals surface area (Å²) in [6, 6.07) is 12.7. The van der Waals surface area contributed by atoms with Gasteiger partial charge in [0.15, 0.2) is 0 Å². The molecule has 0 atom stereocenters. The van der Waals surface area contributed by atoms with E-state index in [0.29, 0.717) is 12.5 Å². The first kappa shape index (κ1) is 17.9. The first-order valence-electron chi connectivity index (χ1n) is 9.02. The molecule has 1 aromatic carbocycles. The molecule has 0 aliphatic carbocycles. The topological polar surface area (TPSA) is 34.6 Å². The highest BCUT2D eigenvalue weighted by Crippen LogP contribution is 2.26. The minimum atomic E-state index is 0.176. The lowest BCUT2D eigenvalue weighted by molar-refractivity contribution is 0.0320. The van der Waals surface area contributed by atoms with Gasteiger partial charge in [0.25, 0.3) is 0 Å². The maximum absolute atomic E-state index is 5.77. The van der Waals surface area contributed by atoms with Crippen LogP contribution in [0.25, 0.3) is 11.1 Å². The third kappa shape index (κ3) is 5.03. The Balaban J connectivity index is 1.54. The summed E-state index contributed by atoms with van der Waals surface area (Å²) in [5.41, 5.74) is 3.81. The average molecular weight is 340 g/mol. The molecule has 1 aromatic heterocycles. The predicted octanol–water partition coefficient (Wildman–Crippen LogP) is 3.76. The number of nitrogens with zero attached hydrogens (tertiary/aromatic N) is 2. The van der Waals surface area contributed by atoms with Gasteiger partial charge in [-0.2, -0.15) is 0 Å². The fourth-order valence-electron chi connectivity index (χ4n) is 2.90. The van der Waals surface area contributed by atoms with Crippen molar-refractivity contribution in [1.82, 2.24) is 9.88 Å². The smallest absolute Gasteiger partial charge is 0.213 e. The average Bonchev–Trinajstić information content (AvgIpc) is 2.63. The van der Waals surface area contributed by atoms with E-state index < -0.39 is 0 Å². The summed E-state index contributed by atoms with van der Waals surface area (Å²) >= 11 is 0. The number of aromatic nitrogens is 1. The van der Waals surface area contributed by atoms with Crippen molar-refractivity contribution in [3.8, 4) is 17.0 Å². The van der Waals surface area contributed by atoms with Crippen LogP contribution in [0.2, 0.25) is 0 Å². The number of pyridine rings is 1. The summed E-state index contributed by atoms with van der Waals surface area (Å²) in [5, 5.41) is 0. The second kappa shape index (κ2) is 7.98. The highest BCUT2D eigenvalue weighted by molar-refractivity contribution is 5.63. The zero-order chi connectivity index (χ0) is 17.7. The standard InChI is InChI=1S/C21H28N2O2/c1-21(2,3)19-7-4-17(5-8-19)18-6-9-20(22-16-18)25-15-12-23-10-13-24-14-11-23/h4-9,16H,10-15H2,1-3H3. The zero-order valence-electron chi connectivity index (χ0n) is 15.5. The maximum Gasteiger partial charge on any atom is 0.213 e. The first-order valence-corrected chi connectivity index (χ1v) is 9.02. The molecule has 1 saturated heterocycles. The number of hydrogen-bond acceptors (Lipinski definition) is 4. The lowest BCUT2D eigenvalue weighted by Gasteiger charge is -2.26. The molecular weight excluding hydrogens is 312 g/mol. The lowest BCUT2D eigenvalue weighted by Crippen LogP contribution is -2.38. The summed E-state index contributed by atoms with van der Waals surface area (Å²) in [6.45, 7) is 11.9. The van der Waals surface area contributed by atoms with Gasteiger partial charge in [-0.15, -0.1) is 0 Å². The molecule has 0 unspecified atom stereocenters. The van der Waals surface area contributed by atoms with Crippen LogP contribution in [0.5, 0.6) is 5.88 Å². The molecule has 0 radical (unpaired) electrons. The minimum Gasteiger partial charge on any atom is -0.476 e. The van der Waals surface area contributed by atoms with E-state index in [1.165, 1.54) is 11.1 Å². The molecule has 4 heteroatoms. The SMILES string of the molecule is CC(C)(C)c1ccc(-c2ccc(OCCN3CCOCC3)nc2)cc1. The Hall–Kier alpha value is -1.91. The molecule has 2 aromatic rings. The Morgan fingerprint density at radius 1 is 1.00 bits per heavy atom. The van der Waals surface area contributed by atoms with Crippen molar-refractivity contribution in [2.75, 3.05) is 39.5 Å². The normalized spacial score (nSPS) is 16.0. The van der Waals surface area contributed by atoms with Gasteiger partial charge in [-0.3, -0.25) is 4.90 Å². The lowest BCUT2D eigenvalue weighted by atomic mass is 9.86. The van der Waals surface area contributed by atoms with E-state index in [-0.39, 0.29) is 5.41 Å². The van der Waals surface area contributed by atoms with Gasteiger partial charge in [-0.25, -0.2) is 4.98 Å². The van der Waals surface area contributed by atoms with Crippen LogP contribution in [0.3, 0.4) is 0 Å². The molecule has 25 heavy (non-hydrogen) atoms. The van der Waals surface area contributed by atoms with Crippen molar-refractivity contribution in [1.29, 1.82) is 0 Å².